The number of aryl methyl sites for hydroxylation is 2. The Bertz CT molecular complexity index is 1240. The van der Waals surface area contributed by atoms with Crippen LogP contribution in [0.1, 0.15) is 35.0 Å². The van der Waals surface area contributed by atoms with E-state index < -0.39 is 0 Å². The quantitative estimate of drug-likeness (QED) is 0.436. The zero-order valence-corrected chi connectivity index (χ0v) is 18.0. The number of hydrogen-bond donors (Lipinski definition) is 0. The van der Waals surface area contributed by atoms with Gasteiger partial charge in [-0.05, 0) is 56.6 Å². The van der Waals surface area contributed by atoms with Gasteiger partial charge in [-0.15, -0.1) is 0 Å². The van der Waals surface area contributed by atoms with Gasteiger partial charge in [0.2, 0.25) is 0 Å². The highest BCUT2D eigenvalue weighted by atomic mass is 16.4. The number of benzene rings is 2. The van der Waals surface area contributed by atoms with Gasteiger partial charge in [-0.1, -0.05) is 37.3 Å². The van der Waals surface area contributed by atoms with Gasteiger partial charge in [-0.3, -0.25) is 4.90 Å². The van der Waals surface area contributed by atoms with Crippen LogP contribution in [-0.4, -0.2) is 21.7 Å². The Morgan fingerprint density at radius 3 is 2.53 bits per heavy atom. The van der Waals surface area contributed by atoms with Gasteiger partial charge in [0.05, 0.1) is 11.4 Å². The standard InChI is InChI=1S/C25H27N3O2/c1-5-19-11-12-22-20(14-25(29)30-24(22)13-19)15-27(4)16-23-17(2)26-28(18(23)3)21-9-7-6-8-10-21/h6-14H,5,15-16H2,1-4H3. The summed E-state index contributed by atoms with van der Waals surface area (Å²) in [6, 6.07) is 17.9. The molecule has 0 amide bonds. The van der Waals surface area contributed by atoms with E-state index >= 15 is 0 Å². The minimum atomic E-state index is -0.302. The molecule has 0 aliphatic rings. The first-order valence-corrected chi connectivity index (χ1v) is 10.3. The average molecular weight is 402 g/mol. The summed E-state index contributed by atoms with van der Waals surface area (Å²) in [7, 11) is 2.07. The van der Waals surface area contributed by atoms with Crippen LogP contribution in [0.15, 0.2) is 63.8 Å². The molecule has 0 saturated heterocycles. The molecule has 0 fully saturated rings. The molecule has 154 valence electrons. The monoisotopic (exact) mass is 401 g/mol. The van der Waals surface area contributed by atoms with Crippen molar-refractivity contribution in [3.63, 3.8) is 0 Å². The number of aromatic nitrogens is 2. The number of fused-ring (bicyclic) bond motifs is 1. The third-order valence-corrected chi connectivity index (χ3v) is 5.61. The molecule has 2 aromatic carbocycles. The molecule has 0 aliphatic carbocycles. The van der Waals surface area contributed by atoms with Gasteiger partial charge >= 0.3 is 5.63 Å². The van der Waals surface area contributed by atoms with E-state index in [0.717, 1.165) is 46.6 Å². The fourth-order valence-corrected chi connectivity index (χ4v) is 3.97. The van der Waals surface area contributed by atoms with Crippen LogP contribution in [-0.2, 0) is 19.5 Å². The fourth-order valence-electron chi connectivity index (χ4n) is 3.97. The SMILES string of the molecule is CCc1ccc2c(CN(C)Cc3c(C)nn(-c4ccccc4)c3C)cc(=O)oc2c1. The maximum absolute atomic E-state index is 12.1. The highest BCUT2D eigenvalue weighted by Gasteiger charge is 2.16. The third kappa shape index (κ3) is 3.94. The molecule has 0 bridgehead atoms. The second-order valence-corrected chi connectivity index (χ2v) is 7.84. The average Bonchev–Trinajstić information content (AvgIpc) is 3.02. The Labute approximate surface area is 176 Å². The van der Waals surface area contributed by atoms with E-state index in [-0.39, 0.29) is 5.63 Å². The van der Waals surface area contributed by atoms with Crippen molar-refractivity contribution in [3.05, 3.63) is 93.1 Å². The molecule has 0 aliphatic heterocycles. The van der Waals surface area contributed by atoms with Gasteiger partial charge in [-0.2, -0.15) is 5.10 Å². The van der Waals surface area contributed by atoms with Crippen LogP contribution < -0.4 is 5.63 Å². The van der Waals surface area contributed by atoms with E-state index in [4.69, 9.17) is 9.52 Å². The first-order chi connectivity index (χ1) is 14.5. The van der Waals surface area contributed by atoms with Crippen LogP contribution in [0.25, 0.3) is 16.7 Å². The fraction of sp³-hybridized carbons (Fsp3) is 0.280. The molecule has 30 heavy (non-hydrogen) atoms. The summed E-state index contributed by atoms with van der Waals surface area (Å²) >= 11 is 0. The molecule has 0 unspecified atom stereocenters. The molecule has 5 nitrogen and oxygen atoms in total. The normalized spacial score (nSPS) is 11.5. The van der Waals surface area contributed by atoms with E-state index in [0.29, 0.717) is 12.1 Å². The number of rotatable bonds is 6. The summed E-state index contributed by atoms with van der Waals surface area (Å²) in [4.78, 5) is 14.3. The minimum Gasteiger partial charge on any atom is -0.423 e. The molecule has 0 radical (unpaired) electrons. The van der Waals surface area contributed by atoms with Crippen LogP contribution in [0.4, 0.5) is 0 Å². The van der Waals surface area contributed by atoms with Crippen LogP contribution >= 0.6 is 0 Å². The Balaban J connectivity index is 1.61. The van der Waals surface area contributed by atoms with Gasteiger partial charge in [-0.25, -0.2) is 9.48 Å². The van der Waals surface area contributed by atoms with Crippen molar-refractivity contribution in [1.82, 2.24) is 14.7 Å². The highest BCUT2D eigenvalue weighted by Crippen LogP contribution is 2.23. The largest absolute Gasteiger partial charge is 0.423 e. The molecule has 5 heteroatoms. The van der Waals surface area contributed by atoms with Crippen molar-refractivity contribution < 1.29 is 4.42 Å². The molecular formula is C25H27N3O2. The maximum atomic E-state index is 12.1. The second-order valence-electron chi connectivity index (χ2n) is 7.84. The highest BCUT2D eigenvalue weighted by molar-refractivity contribution is 5.80. The van der Waals surface area contributed by atoms with Crippen molar-refractivity contribution in [3.8, 4) is 5.69 Å². The van der Waals surface area contributed by atoms with E-state index in [1.807, 2.05) is 28.9 Å². The molecule has 2 heterocycles. The van der Waals surface area contributed by atoms with Crippen molar-refractivity contribution in [1.29, 1.82) is 0 Å². The molecule has 0 saturated carbocycles. The van der Waals surface area contributed by atoms with Gasteiger partial charge < -0.3 is 4.42 Å². The number of hydrogen-bond acceptors (Lipinski definition) is 4. The predicted molar refractivity (Wildman–Crippen MR) is 120 cm³/mol. The summed E-state index contributed by atoms with van der Waals surface area (Å²) in [5.41, 5.74) is 6.93. The van der Waals surface area contributed by atoms with Crippen molar-refractivity contribution in [2.75, 3.05) is 7.05 Å². The summed E-state index contributed by atoms with van der Waals surface area (Å²) in [6.07, 6.45) is 0.910. The Morgan fingerprint density at radius 1 is 1.03 bits per heavy atom. The van der Waals surface area contributed by atoms with Gasteiger partial charge in [0.25, 0.3) is 0 Å². The minimum absolute atomic E-state index is 0.302. The van der Waals surface area contributed by atoms with Crippen LogP contribution in [0.3, 0.4) is 0 Å². The summed E-state index contributed by atoms with van der Waals surface area (Å²) < 4.78 is 7.45. The lowest BCUT2D eigenvalue weighted by Crippen LogP contribution is -2.19. The van der Waals surface area contributed by atoms with E-state index in [2.05, 4.69) is 57.0 Å². The van der Waals surface area contributed by atoms with Gasteiger partial charge in [0.15, 0.2) is 0 Å². The molecular weight excluding hydrogens is 374 g/mol. The first kappa shape index (κ1) is 20.1. The first-order valence-electron chi connectivity index (χ1n) is 10.3. The number of nitrogens with zero attached hydrogens (tertiary/aromatic N) is 3. The molecule has 0 atom stereocenters. The lowest BCUT2D eigenvalue weighted by Gasteiger charge is -2.18. The smallest absolute Gasteiger partial charge is 0.336 e. The van der Waals surface area contributed by atoms with Crippen molar-refractivity contribution in [2.45, 2.75) is 40.3 Å². The Hall–Kier alpha value is -3.18. The topological polar surface area (TPSA) is 51.3 Å². The summed E-state index contributed by atoms with van der Waals surface area (Å²) in [6.45, 7) is 7.66. The zero-order valence-electron chi connectivity index (χ0n) is 18.0. The van der Waals surface area contributed by atoms with Crippen LogP contribution in [0, 0.1) is 13.8 Å². The summed E-state index contributed by atoms with van der Waals surface area (Å²) in [5, 5.41) is 5.74. The molecule has 2 aromatic heterocycles. The predicted octanol–water partition coefficient (Wildman–Crippen LogP) is 4.79. The third-order valence-electron chi connectivity index (χ3n) is 5.61. The lowest BCUT2D eigenvalue weighted by molar-refractivity contribution is 0.318. The maximum Gasteiger partial charge on any atom is 0.336 e. The lowest BCUT2D eigenvalue weighted by atomic mass is 10.1. The zero-order chi connectivity index (χ0) is 21.3. The van der Waals surface area contributed by atoms with Crippen molar-refractivity contribution in [2.24, 2.45) is 0 Å². The van der Waals surface area contributed by atoms with Crippen molar-refractivity contribution >= 4 is 11.0 Å². The number of para-hydroxylation sites is 1. The van der Waals surface area contributed by atoms with Crippen LogP contribution in [0.2, 0.25) is 0 Å². The van der Waals surface area contributed by atoms with Crippen LogP contribution in [0.5, 0.6) is 0 Å². The molecule has 0 spiro atoms. The van der Waals surface area contributed by atoms with Gasteiger partial charge in [0.1, 0.15) is 5.58 Å². The Kier molecular flexibility index (Phi) is 5.55. The van der Waals surface area contributed by atoms with Gasteiger partial charge in [0, 0.05) is 35.8 Å². The van der Waals surface area contributed by atoms with E-state index in [1.165, 1.54) is 5.56 Å². The molecule has 0 N–H and O–H groups in total. The second kappa shape index (κ2) is 8.28. The molecule has 4 aromatic rings. The Morgan fingerprint density at radius 2 is 1.80 bits per heavy atom. The van der Waals surface area contributed by atoms with E-state index in [1.54, 1.807) is 6.07 Å². The van der Waals surface area contributed by atoms with E-state index in [9.17, 15) is 4.79 Å². The summed E-state index contributed by atoms with van der Waals surface area (Å²) in [5.74, 6) is 0. The molecule has 4 rings (SSSR count).